The molecule has 0 spiro atoms. The van der Waals surface area contributed by atoms with Crippen molar-refractivity contribution in [2.24, 2.45) is 0 Å². The molecule has 3 rings (SSSR count). The number of hydrogen-bond acceptors (Lipinski definition) is 16. The van der Waals surface area contributed by atoms with Crippen molar-refractivity contribution >= 4 is 30.0 Å². The fraction of sp³-hybridized carbons (Fsp3) is 0.556. The van der Waals surface area contributed by atoms with E-state index in [1.54, 1.807) is 0 Å². The molecule has 2 saturated heterocycles. The first-order chi connectivity index (χ1) is 20.3. The number of phenols is 1. The fourth-order valence-corrected chi connectivity index (χ4v) is 4.38. The minimum absolute atomic E-state index is 0.000855. The molecule has 2 heterocycles. The highest BCUT2D eigenvalue weighted by Gasteiger charge is 2.62. The first kappa shape index (κ1) is 33.9. The number of phenolic OH excluding ortho intramolecular Hbond substituents is 1. The van der Waals surface area contributed by atoms with Crippen molar-refractivity contribution in [1.29, 1.82) is 0 Å². The van der Waals surface area contributed by atoms with Crippen LogP contribution in [-0.2, 0) is 52.3 Å². The number of carbonyl (C=O) groups is 4. The second-order valence-corrected chi connectivity index (χ2v) is 9.72. The Labute approximate surface area is 245 Å². The van der Waals surface area contributed by atoms with Crippen LogP contribution in [0, 0.1) is 0 Å². The van der Waals surface area contributed by atoms with Gasteiger partial charge in [-0.3, -0.25) is 14.4 Å². The van der Waals surface area contributed by atoms with E-state index < -0.39 is 98.5 Å². The maximum Gasteiger partial charge on any atom is 0.331 e. The summed E-state index contributed by atoms with van der Waals surface area (Å²) in [4.78, 5) is 47.7. The molecule has 238 valence electrons. The maximum atomic E-state index is 12.8. The second kappa shape index (κ2) is 14.7. The Morgan fingerprint density at radius 3 is 2.12 bits per heavy atom. The topological polar surface area (TPSA) is 234 Å². The highest BCUT2D eigenvalue weighted by Crippen LogP contribution is 2.39. The number of esters is 4. The third-order valence-corrected chi connectivity index (χ3v) is 6.39. The molecule has 2 aliphatic rings. The summed E-state index contributed by atoms with van der Waals surface area (Å²) in [6.45, 7) is 0.892. The van der Waals surface area contributed by atoms with Gasteiger partial charge in [0, 0.05) is 26.8 Å². The van der Waals surface area contributed by atoms with Gasteiger partial charge >= 0.3 is 23.9 Å². The Hall–Kier alpha value is -3.64. The average molecular weight is 615 g/mol. The summed E-state index contributed by atoms with van der Waals surface area (Å²) in [5, 5.41) is 51.8. The summed E-state index contributed by atoms with van der Waals surface area (Å²) in [5.41, 5.74) is 0.501. The molecule has 43 heavy (non-hydrogen) atoms. The standard InChI is InChI=1S/C27H34O16/c1-13(29)37-11-19-21(34)24(39-15(3)31)23(36)26(40-19)43-27(12-38-14(2)30)25(22(35)18(10-28)42-27)41-20(33)9-6-16-4-7-17(32)8-5-16/h4-9,18-19,21-26,28,32,34-36H,10-12H2,1-3H3/b9-6+/t18-,19-,21-,22-,23-,24+,25+,26-,27+/m1/s1. The molecule has 16 nitrogen and oxygen atoms in total. The highest BCUT2D eigenvalue weighted by atomic mass is 16.8. The fourth-order valence-electron chi connectivity index (χ4n) is 4.38. The van der Waals surface area contributed by atoms with Crippen LogP contribution >= 0.6 is 0 Å². The molecule has 0 bridgehead atoms. The number of carbonyl (C=O) groups excluding carboxylic acids is 4. The van der Waals surface area contributed by atoms with Gasteiger partial charge < -0.3 is 58.7 Å². The van der Waals surface area contributed by atoms with E-state index in [0.29, 0.717) is 5.56 Å². The number of benzene rings is 1. The summed E-state index contributed by atoms with van der Waals surface area (Å²) in [6.07, 6.45) is -11.4. The molecule has 0 aromatic heterocycles. The van der Waals surface area contributed by atoms with Crippen LogP contribution in [-0.4, -0.2) is 124 Å². The normalized spacial score (nSPS) is 32.3. The van der Waals surface area contributed by atoms with Crippen molar-refractivity contribution in [3.63, 3.8) is 0 Å². The van der Waals surface area contributed by atoms with Crippen LogP contribution in [0.25, 0.3) is 6.08 Å². The minimum atomic E-state index is -2.43. The smallest absolute Gasteiger partial charge is 0.331 e. The molecule has 5 N–H and O–H groups in total. The summed E-state index contributed by atoms with van der Waals surface area (Å²) < 4.78 is 37.6. The number of aliphatic hydroxyl groups excluding tert-OH is 4. The number of hydrogen-bond donors (Lipinski definition) is 5. The van der Waals surface area contributed by atoms with Crippen molar-refractivity contribution in [1.82, 2.24) is 0 Å². The number of rotatable bonds is 11. The summed E-state index contributed by atoms with van der Waals surface area (Å²) in [5.74, 6) is -5.96. The Morgan fingerprint density at radius 1 is 0.884 bits per heavy atom. The third kappa shape index (κ3) is 8.70. The van der Waals surface area contributed by atoms with Crippen LogP contribution < -0.4 is 0 Å². The first-order valence-corrected chi connectivity index (χ1v) is 13.0. The highest BCUT2D eigenvalue weighted by molar-refractivity contribution is 5.87. The van der Waals surface area contributed by atoms with Crippen LogP contribution in [0.5, 0.6) is 5.75 Å². The first-order valence-electron chi connectivity index (χ1n) is 13.0. The molecular formula is C27H34O16. The molecule has 2 aliphatic heterocycles. The number of aliphatic hydroxyl groups is 4. The number of aromatic hydroxyl groups is 1. The van der Waals surface area contributed by atoms with E-state index in [2.05, 4.69) is 0 Å². The number of ether oxygens (including phenoxy) is 7. The van der Waals surface area contributed by atoms with Crippen molar-refractivity contribution in [2.75, 3.05) is 19.8 Å². The van der Waals surface area contributed by atoms with E-state index in [1.165, 1.54) is 30.3 Å². The second-order valence-electron chi connectivity index (χ2n) is 9.72. The molecule has 1 aromatic carbocycles. The maximum absolute atomic E-state index is 12.8. The van der Waals surface area contributed by atoms with E-state index in [9.17, 15) is 44.7 Å². The van der Waals surface area contributed by atoms with E-state index in [-0.39, 0.29) is 5.75 Å². The zero-order valence-electron chi connectivity index (χ0n) is 23.4. The van der Waals surface area contributed by atoms with E-state index in [4.69, 9.17) is 33.2 Å². The molecule has 9 atom stereocenters. The van der Waals surface area contributed by atoms with Crippen molar-refractivity contribution < 1.29 is 77.9 Å². The molecule has 0 radical (unpaired) electrons. The van der Waals surface area contributed by atoms with Gasteiger partial charge in [-0.25, -0.2) is 4.79 Å². The molecule has 0 amide bonds. The zero-order chi connectivity index (χ0) is 31.9. The Morgan fingerprint density at radius 2 is 1.53 bits per heavy atom. The van der Waals surface area contributed by atoms with Gasteiger partial charge in [-0.15, -0.1) is 0 Å². The summed E-state index contributed by atoms with van der Waals surface area (Å²) >= 11 is 0. The van der Waals surface area contributed by atoms with Crippen molar-refractivity contribution in [3.8, 4) is 5.75 Å². The van der Waals surface area contributed by atoms with E-state index in [1.807, 2.05) is 0 Å². The van der Waals surface area contributed by atoms with Crippen LogP contribution in [0.4, 0.5) is 0 Å². The molecule has 0 saturated carbocycles. The molecular weight excluding hydrogens is 580 g/mol. The van der Waals surface area contributed by atoms with Crippen LogP contribution in [0.3, 0.4) is 0 Å². The van der Waals surface area contributed by atoms with Gasteiger partial charge in [0.25, 0.3) is 0 Å². The van der Waals surface area contributed by atoms with Gasteiger partial charge in [0.05, 0.1) is 6.61 Å². The monoisotopic (exact) mass is 614 g/mol. The Kier molecular flexibility index (Phi) is 11.6. The lowest BCUT2D eigenvalue weighted by Crippen LogP contribution is -2.64. The van der Waals surface area contributed by atoms with Gasteiger partial charge in [-0.2, -0.15) is 0 Å². The third-order valence-electron chi connectivity index (χ3n) is 6.39. The van der Waals surface area contributed by atoms with Crippen molar-refractivity contribution in [2.45, 2.75) is 75.6 Å². The van der Waals surface area contributed by atoms with Gasteiger partial charge in [0.15, 0.2) is 18.5 Å². The largest absolute Gasteiger partial charge is 0.508 e. The molecule has 0 unspecified atom stereocenters. The van der Waals surface area contributed by atoms with Gasteiger partial charge in [0.2, 0.25) is 5.79 Å². The predicted octanol–water partition coefficient (Wildman–Crippen LogP) is -1.71. The zero-order valence-corrected chi connectivity index (χ0v) is 23.4. The van der Waals surface area contributed by atoms with Crippen LogP contribution in [0.1, 0.15) is 26.3 Å². The predicted molar refractivity (Wildman–Crippen MR) is 138 cm³/mol. The Balaban J connectivity index is 1.95. The van der Waals surface area contributed by atoms with Gasteiger partial charge in [0.1, 0.15) is 49.5 Å². The van der Waals surface area contributed by atoms with E-state index in [0.717, 1.165) is 26.8 Å². The molecule has 1 aromatic rings. The average Bonchev–Trinajstić information content (AvgIpc) is 3.20. The summed E-state index contributed by atoms with van der Waals surface area (Å²) in [6, 6.07) is 5.77. The van der Waals surface area contributed by atoms with Crippen molar-refractivity contribution in [3.05, 3.63) is 35.9 Å². The van der Waals surface area contributed by atoms with Crippen LogP contribution in [0.15, 0.2) is 30.3 Å². The molecule has 2 fully saturated rings. The lowest BCUT2D eigenvalue weighted by atomic mass is 9.98. The van der Waals surface area contributed by atoms with Crippen LogP contribution in [0.2, 0.25) is 0 Å². The molecule has 16 heteroatoms. The lowest BCUT2D eigenvalue weighted by Gasteiger charge is -2.44. The van der Waals surface area contributed by atoms with Gasteiger partial charge in [-0.1, -0.05) is 12.1 Å². The lowest BCUT2D eigenvalue weighted by molar-refractivity contribution is -0.383. The SMILES string of the molecule is CC(=O)OC[C@H]1O[C@H](O[C@]2(COC(C)=O)O[C@H](CO)[C@@H](O)[C@@H]2OC(=O)/C=C/c2ccc(O)cc2)[C@H](O)[C@@H](OC(C)=O)[C@@H]1O. The Bertz CT molecular complexity index is 1170. The summed E-state index contributed by atoms with van der Waals surface area (Å²) in [7, 11) is 0. The minimum Gasteiger partial charge on any atom is -0.508 e. The molecule has 0 aliphatic carbocycles. The van der Waals surface area contributed by atoms with Gasteiger partial charge in [-0.05, 0) is 23.8 Å². The quantitative estimate of drug-likeness (QED) is 0.106. The van der Waals surface area contributed by atoms with E-state index >= 15 is 0 Å².